The standard InChI is InChI=1S/C25H29N3O5/c1-4-13-33-19-11-10-16(15-20(19)32-5-2)24-21-22(17-8-6-7-9-18(17)29)26-27-23(21)25(30)28(24)12-14-31-3/h6-11,15,24,29H,4-5,12-14H2,1-3H3,(H,26,27)/t24-/m1/s1. The summed E-state index contributed by atoms with van der Waals surface area (Å²) in [7, 11) is 1.61. The first-order valence-corrected chi connectivity index (χ1v) is 11.2. The van der Waals surface area contributed by atoms with Gasteiger partial charge in [0.05, 0.1) is 25.9 Å². The largest absolute Gasteiger partial charge is 0.507 e. The summed E-state index contributed by atoms with van der Waals surface area (Å²) in [5.74, 6) is 1.24. The van der Waals surface area contributed by atoms with Crippen molar-refractivity contribution >= 4 is 5.91 Å². The first kappa shape index (κ1) is 22.7. The van der Waals surface area contributed by atoms with Crippen molar-refractivity contribution in [1.29, 1.82) is 0 Å². The summed E-state index contributed by atoms with van der Waals surface area (Å²) in [6.45, 7) is 5.84. The van der Waals surface area contributed by atoms with E-state index in [1.807, 2.05) is 38.1 Å². The summed E-state index contributed by atoms with van der Waals surface area (Å²) in [6.07, 6.45) is 0.886. The molecule has 2 heterocycles. The van der Waals surface area contributed by atoms with E-state index in [-0.39, 0.29) is 11.7 Å². The zero-order valence-electron chi connectivity index (χ0n) is 19.1. The lowest BCUT2D eigenvalue weighted by atomic mass is 9.95. The second kappa shape index (κ2) is 9.95. The molecule has 0 aliphatic carbocycles. The lowest BCUT2D eigenvalue weighted by molar-refractivity contribution is 0.0677. The molecule has 8 heteroatoms. The zero-order chi connectivity index (χ0) is 23.4. The maximum atomic E-state index is 13.3. The van der Waals surface area contributed by atoms with Gasteiger partial charge in [-0.2, -0.15) is 5.10 Å². The molecule has 0 fully saturated rings. The monoisotopic (exact) mass is 451 g/mol. The second-order valence-corrected chi connectivity index (χ2v) is 7.76. The van der Waals surface area contributed by atoms with Crippen molar-refractivity contribution in [2.75, 3.05) is 33.5 Å². The number of hydrogen-bond donors (Lipinski definition) is 2. The number of phenolic OH excluding ortho intramolecular Hbond substituents is 1. The van der Waals surface area contributed by atoms with Crippen molar-refractivity contribution in [2.24, 2.45) is 0 Å². The molecule has 2 N–H and O–H groups in total. The van der Waals surface area contributed by atoms with Crippen LogP contribution >= 0.6 is 0 Å². The number of phenols is 1. The van der Waals surface area contributed by atoms with Gasteiger partial charge in [-0.25, -0.2) is 0 Å². The van der Waals surface area contributed by atoms with Crippen LogP contribution in [-0.4, -0.2) is 59.6 Å². The van der Waals surface area contributed by atoms with E-state index in [9.17, 15) is 9.90 Å². The normalized spacial score (nSPS) is 15.1. The van der Waals surface area contributed by atoms with Gasteiger partial charge in [0.1, 0.15) is 17.1 Å². The first-order chi connectivity index (χ1) is 16.1. The molecule has 0 spiro atoms. The highest BCUT2D eigenvalue weighted by atomic mass is 16.5. The fourth-order valence-corrected chi connectivity index (χ4v) is 4.14. The van der Waals surface area contributed by atoms with E-state index < -0.39 is 6.04 Å². The maximum absolute atomic E-state index is 13.3. The number of carbonyl (C=O) groups is 1. The van der Waals surface area contributed by atoms with E-state index in [1.165, 1.54) is 0 Å². The Labute approximate surface area is 193 Å². The van der Waals surface area contributed by atoms with Crippen LogP contribution in [-0.2, 0) is 4.74 Å². The number of aromatic hydroxyl groups is 1. The third kappa shape index (κ3) is 4.26. The minimum atomic E-state index is -0.421. The van der Waals surface area contributed by atoms with Crippen molar-refractivity contribution in [3.63, 3.8) is 0 Å². The third-order valence-corrected chi connectivity index (χ3v) is 5.60. The lowest BCUT2D eigenvalue weighted by Crippen LogP contribution is -2.32. The van der Waals surface area contributed by atoms with Crippen molar-refractivity contribution in [2.45, 2.75) is 26.3 Å². The van der Waals surface area contributed by atoms with Crippen LogP contribution in [0.5, 0.6) is 17.2 Å². The number of para-hydroxylation sites is 1. The van der Waals surface area contributed by atoms with Gasteiger partial charge < -0.3 is 24.2 Å². The van der Waals surface area contributed by atoms with Crippen LogP contribution < -0.4 is 9.47 Å². The number of ether oxygens (including phenoxy) is 3. The summed E-state index contributed by atoms with van der Waals surface area (Å²) in [4.78, 5) is 15.1. The van der Waals surface area contributed by atoms with Gasteiger partial charge in [-0.3, -0.25) is 9.89 Å². The molecule has 1 atom stereocenters. The molecule has 1 aromatic heterocycles. The number of aromatic amines is 1. The van der Waals surface area contributed by atoms with Crippen LogP contribution in [0.1, 0.15) is 47.9 Å². The molecule has 2 aromatic carbocycles. The van der Waals surface area contributed by atoms with Gasteiger partial charge >= 0.3 is 0 Å². The van der Waals surface area contributed by atoms with Gasteiger partial charge in [-0.1, -0.05) is 25.1 Å². The predicted molar refractivity (Wildman–Crippen MR) is 124 cm³/mol. The molecule has 0 unspecified atom stereocenters. The van der Waals surface area contributed by atoms with E-state index in [4.69, 9.17) is 14.2 Å². The van der Waals surface area contributed by atoms with Crippen LogP contribution in [0.4, 0.5) is 0 Å². The van der Waals surface area contributed by atoms with E-state index >= 15 is 0 Å². The number of aromatic nitrogens is 2. The van der Waals surface area contributed by atoms with E-state index in [0.717, 1.165) is 17.5 Å². The Hall–Kier alpha value is -3.52. The Kier molecular flexibility index (Phi) is 6.84. The van der Waals surface area contributed by atoms with Gasteiger partial charge in [0.2, 0.25) is 0 Å². The summed E-state index contributed by atoms with van der Waals surface area (Å²) >= 11 is 0. The number of methoxy groups -OCH3 is 1. The minimum absolute atomic E-state index is 0.103. The van der Waals surface area contributed by atoms with Crippen LogP contribution in [0.2, 0.25) is 0 Å². The molecule has 33 heavy (non-hydrogen) atoms. The van der Waals surface area contributed by atoms with Crippen molar-refractivity contribution in [3.05, 3.63) is 59.3 Å². The number of rotatable bonds is 10. The number of benzene rings is 2. The predicted octanol–water partition coefficient (Wildman–Crippen LogP) is 4.16. The van der Waals surface area contributed by atoms with Crippen molar-refractivity contribution in [1.82, 2.24) is 15.1 Å². The molecule has 0 saturated heterocycles. The Balaban J connectivity index is 1.84. The highest BCUT2D eigenvalue weighted by molar-refractivity contribution is 6.00. The Morgan fingerprint density at radius 2 is 1.91 bits per heavy atom. The highest BCUT2D eigenvalue weighted by Crippen LogP contribution is 2.45. The van der Waals surface area contributed by atoms with Crippen molar-refractivity contribution < 1.29 is 24.1 Å². The number of amides is 1. The van der Waals surface area contributed by atoms with Crippen LogP contribution in [0, 0.1) is 0 Å². The molecule has 1 aliphatic heterocycles. The minimum Gasteiger partial charge on any atom is -0.507 e. The Morgan fingerprint density at radius 3 is 2.64 bits per heavy atom. The van der Waals surface area contributed by atoms with Crippen molar-refractivity contribution in [3.8, 4) is 28.5 Å². The number of fused-ring (bicyclic) bond motifs is 1. The number of hydrogen-bond acceptors (Lipinski definition) is 6. The molecule has 1 aliphatic rings. The molecule has 8 nitrogen and oxygen atoms in total. The summed E-state index contributed by atoms with van der Waals surface area (Å²) in [5, 5.41) is 17.8. The smallest absolute Gasteiger partial charge is 0.273 e. The molecular weight excluding hydrogens is 422 g/mol. The van der Waals surface area contributed by atoms with Gasteiger partial charge in [0.15, 0.2) is 11.5 Å². The van der Waals surface area contributed by atoms with Gasteiger partial charge in [-0.15, -0.1) is 0 Å². The van der Waals surface area contributed by atoms with E-state index in [2.05, 4.69) is 10.2 Å². The fourth-order valence-electron chi connectivity index (χ4n) is 4.14. The van der Waals surface area contributed by atoms with Crippen LogP contribution in [0.3, 0.4) is 0 Å². The molecule has 4 rings (SSSR count). The third-order valence-electron chi connectivity index (χ3n) is 5.60. The van der Waals surface area contributed by atoms with Crippen LogP contribution in [0.25, 0.3) is 11.3 Å². The summed E-state index contributed by atoms with van der Waals surface area (Å²) in [6, 6.07) is 12.3. The average molecular weight is 452 g/mol. The topological polar surface area (TPSA) is 96.9 Å². The molecule has 3 aromatic rings. The Bertz CT molecular complexity index is 1130. The van der Waals surface area contributed by atoms with E-state index in [0.29, 0.717) is 54.8 Å². The maximum Gasteiger partial charge on any atom is 0.273 e. The molecule has 1 amide bonds. The van der Waals surface area contributed by atoms with Crippen LogP contribution in [0.15, 0.2) is 42.5 Å². The number of nitrogens with one attached hydrogen (secondary N) is 1. The number of nitrogens with zero attached hydrogens (tertiary/aromatic N) is 2. The molecule has 174 valence electrons. The fraction of sp³-hybridized carbons (Fsp3) is 0.360. The second-order valence-electron chi connectivity index (χ2n) is 7.76. The summed E-state index contributed by atoms with van der Waals surface area (Å²) < 4.78 is 17.0. The van der Waals surface area contributed by atoms with Gasteiger partial charge in [-0.05, 0) is 43.2 Å². The SMILES string of the molecule is CCCOc1ccc([C@@H]2c3c(-c4ccccc4O)n[nH]c3C(=O)N2CCOC)cc1OCC. The number of H-pyrrole nitrogens is 1. The molecule has 0 radical (unpaired) electrons. The zero-order valence-corrected chi connectivity index (χ0v) is 19.1. The Morgan fingerprint density at radius 1 is 1.09 bits per heavy atom. The van der Waals surface area contributed by atoms with Gasteiger partial charge in [0, 0.05) is 24.8 Å². The quantitative estimate of drug-likeness (QED) is 0.480. The lowest BCUT2D eigenvalue weighted by Gasteiger charge is -2.27. The van der Waals surface area contributed by atoms with E-state index in [1.54, 1.807) is 30.2 Å². The molecular formula is C25H29N3O5. The molecule has 0 bridgehead atoms. The summed E-state index contributed by atoms with van der Waals surface area (Å²) in [5.41, 5.74) is 3.12. The molecule has 0 saturated carbocycles. The highest BCUT2D eigenvalue weighted by Gasteiger charge is 2.42. The van der Waals surface area contributed by atoms with Gasteiger partial charge in [0.25, 0.3) is 5.91 Å². The average Bonchev–Trinajstić information content (AvgIpc) is 3.36. The first-order valence-electron chi connectivity index (χ1n) is 11.2. The number of carbonyl (C=O) groups excluding carboxylic acids is 1.